The number of alkyl halides is 3. The van der Waals surface area contributed by atoms with E-state index in [9.17, 15) is 32.9 Å². The molecule has 0 saturated carbocycles. The van der Waals surface area contributed by atoms with Gasteiger partial charge in [-0.05, 0) is 36.4 Å². The number of aromatic nitrogens is 2. The quantitative estimate of drug-likeness (QED) is 0.520. The number of furan rings is 1. The van der Waals surface area contributed by atoms with Crippen LogP contribution in [0.1, 0.15) is 17.0 Å². The Morgan fingerprint density at radius 2 is 1.82 bits per heavy atom. The highest BCUT2D eigenvalue weighted by molar-refractivity contribution is 5.71. The number of H-pyrrole nitrogens is 2. The maximum Gasteiger partial charge on any atom is 0.416 e. The average Bonchev–Trinajstić information content (AvgIpc) is 3.07. The molecule has 0 saturated heterocycles. The maximum atomic E-state index is 12.8. The molecule has 0 amide bonds. The lowest BCUT2D eigenvalue weighted by molar-refractivity contribution is -0.386. The number of benzene rings is 1. The Morgan fingerprint density at radius 1 is 1.07 bits per heavy atom. The zero-order valence-corrected chi connectivity index (χ0v) is 13.7. The Balaban J connectivity index is 1.94. The average molecular weight is 393 g/mol. The molecule has 1 aromatic carbocycles. The third-order valence-electron chi connectivity index (χ3n) is 3.64. The van der Waals surface area contributed by atoms with Crippen molar-refractivity contribution in [2.24, 2.45) is 0 Å². The van der Waals surface area contributed by atoms with Gasteiger partial charge in [0.25, 0.3) is 0 Å². The first kappa shape index (κ1) is 18.9. The van der Waals surface area contributed by atoms with Crippen LogP contribution in [0.25, 0.3) is 23.5 Å². The van der Waals surface area contributed by atoms with E-state index in [1.165, 1.54) is 30.3 Å². The van der Waals surface area contributed by atoms with Crippen molar-refractivity contribution >= 4 is 17.8 Å². The molecule has 0 radical (unpaired) electrons. The number of halogens is 3. The minimum absolute atomic E-state index is 0.139. The molecule has 0 fully saturated rings. The summed E-state index contributed by atoms with van der Waals surface area (Å²) in [5, 5.41) is 11.0. The molecule has 3 rings (SSSR count). The summed E-state index contributed by atoms with van der Waals surface area (Å²) in [6.07, 6.45) is -2.19. The molecular weight excluding hydrogens is 383 g/mol. The van der Waals surface area contributed by atoms with E-state index in [1.807, 2.05) is 0 Å². The number of nitrogens with one attached hydrogen (secondary N) is 2. The van der Waals surface area contributed by atoms with Gasteiger partial charge in [-0.2, -0.15) is 13.2 Å². The molecule has 0 unspecified atom stereocenters. The first-order chi connectivity index (χ1) is 13.1. The largest absolute Gasteiger partial charge is 0.457 e. The molecule has 0 aliphatic carbocycles. The molecule has 0 atom stereocenters. The van der Waals surface area contributed by atoms with Gasteiger partial charge < -0.3 is 9.40 Å². The van der Waals surface area contributed by atoms with Crippen LogP contribution in [-0.2, 0) is 6.18 Å². The van der Waals surface area contributed by atoms with Crippen molar-refractivity contribution in [3.63, 3.8) is 0 Å². The minimum Gasteiger partial charge on any atom is -0.457 e. The Kier molecular flexibility index (Phi) is 4.74. The molecule has 3 aromatic rings. The number of nitrogens with zero attached hydrogens (tertiary/aromatic N) is 1. The van der Waals surface area contributed by atoms with Crippen molar-refractivity contribution in [3.8, 4) is 11.3 Å². The first-order valence-corrected chi connectivity index (χ1v) is 7.61. The zero-order chi connectivity index (χ0) is 20.5. The third-order valence-corrected chi connectivity index (χ3v) is 3.64. The monoisotopic (exact) mass is 393 g/mol. The molecule has 28 heavy (non-hydrogen) atoms. The highest BCUT2D eigenvalue weighted by Gasteiger charge is 2.30. The summed E-state index contributed by atoms with van der Waals surface area (Å²) < 4.78 is 43.9. The van der Waals surface area contributed by atoms with Crippen molar-refractivity contribution in [1.82, 2.24) is 9.97 Å². The smallest absolute Gasteiger partial charge is 0.416 e. The number of hydrogen-bond donors (Lipinski definition) is 2. The standard InChI is InChI=1S/C17H10F3N3O5/c18-17(19,20)10-3-1-2-9(8-10)13-7-5-11(28-13)4-6-12-14(23(26)27)15(24)22-16(25)21-12/h1-8H,(H2,21,22,24,25)/b6-4+. The SMILES string of the molecule is O=c1[nH]c(/C=C/c2ccc(-c3cccc(C(F)(F)F)c3)o2)c([N+](=O)[O-])c(=O)[nH]1. The van der Waals surface area contributed by atoms with Gasteiger partial charge in [0.05, 0.1) is 10.5 Å². The second-order valence-corrected chi connectivity index (χ2v) is 5.54. The Labute approximate surface area is 153 Å². The summed E-state index contributed by atoms with van der Waals surface area (Å²) >= 11 is 0. The van der Waals surface area contributed by atoms with Crippen molar-refractivity contribution in [3.05, 3.63) is 84.4 Å². The summed E-state index contributed by atoms with van der Waals surface area (Å²) in [7, 11) is 0. The maximum absolute atomic E-state index is 12.8. The number of aromatic amines is 2. The van der Waals surface area contributed by atoms with Gasteiger partial charge in [0.1, 0.15) is 17.2 Å². The fourth-order valence-corrected chi connectivity index (χ4v) is 2.41. The van der Waals surface area contributed by atoms with E-state index in [0.717, 1.165) is 18.2 Å². The molecule has 2 heterocycles. The van der Waals surface area contributed by atoms with E-state index < -0.39 is 33.6 Å². The van der Waals surface area contributed by atoms with E-state index in [1.54, 1.807) is 4.98 Å². The van der Waals surface area contributed by atoms with Crippen LogP contribution in [0.5, 0.6) is 0 Å². The van der Waals surface area contributed by atoms with Crippen molar-refractivity contribution in [2.75, 3.05) is 0 Å². The van der Waals surface area contributed by atoms with Gasteiger partial charge >= 0.3 is 23.1 Å². The zero-order valence-electron chi connectivity index (χ0n) is 13.7. The molecule has 0 aliphatic heterocycles. The molecule has 144 valence electrons. The van der Waals surface area contributed by atoms with E-state index in [0.29, 0.717) is 0 Å². The predicted molar refractivity (Wildman–Crippen MR) is 92.4 cm³/mol. The van der Waals surface area contributed by atoms with Gasteiger partial charge in [-0.1, -0.05) is 12.1 Å². The van der Waals surface area contributed by atoms with Crippen LogP contribution >= 0.6 is 0 Å². The summed E-state index contributed by atoms with van der Waals surface area (Å²) in [4.78, 5) is 36.8. The molecule has 2 aromatic heterocycles. The lowest BCUT2D eigenvalue weighted by Crippen LogP contribution is -2.25. The molecule has 0 spiro atoms. The molecule has 11 heteroatoms. The Bertz CT molecular complexity index is 1190. The first-order valence-electron chi connectivity index (χ1n) is 7.61. The van der Waals surface area contributed by atoms with Crippen LogP contribution < -0.4 is 11.2 Å². The van der Waals surface area contributed by atoms with Crippen LogP contribution in [0, 0.1) is 10.1 Å². The lowest BCUT2D eigenvalue weighted by Gasteiger charge is -2.07. The summed E-state index contributed by atoms with van der Waals surface area (Å²) in [5.41, 5.74) is -3.96. The van der Waals surface area contributed by atoms with E-state index in [2.05, 4.69) is 4.98 Å². The highest BCUT2D eigenvalue weighted by atomic mass is 19.4. The predicted octanol–water partition coefficient (Wildman–Crippen LogP) is 3.42. The van der Waals surface area contributed by atoms with Crippen LogP contribution in [0.3, 0.4) is 0 Å². The second-order valence-electron chi connectivity index (χ2n) is 5.54. The van der Waals surface area contributed by atoms with Gasteiger partial charge in [0, 0.05) is 5.56 Å². The summed E-state index contributed by atoms with van der Waals surface area (Å²) in [5.74, 6) is 0.280. The van der Waals surface area contributed by atoms with E-state index in [4.69, 9.17) is 4.42 Å². The fourth-order valence-electron chi connectivity index (χ4n) is 2.41. The van der Waals surface area contributed by atoms with Gasteiger partial charge in [-0.15, -0.1) is 0 Å². The lowest BCUT2D eigenvalue weighted by atomic mass is 10.1. The Morgan fingerprint density at radius 3 is 2.50 bits per heavy atom. The molecule has 0 bridgehead atoms. The van der Waals surface area contributed by atoms with Crippen molar-refractivity contribution in [2.45, 2.75) is 6.18 Å². The van der Waals surface area contributed by atoms with Crippen molar-refractivity contribution in [1.29, 1.82) is 0 Å². The van der Waals surface area contributed by atoms with Gasteiger partial charge in [-0.3, -0.25) is 19.9 Å². The second kappa shape index (κ2) is 7.02. The van der Waals surface area contributed by atoms with Crippen molar-refractivity contribution < 1.29 is 22.5 Å². The van der Waals surface area contributed by atoms with Crippen LogP contribution in [0.4, 0.5) is 18.9 Å². The topological polar surface area (TPSA) is 122 Å². The number of rotatable bonds is 4. The molecule has 8 nitrogen and oxygen atoms in total. The molecule has 2 N–H and O–H groups in total. The normalized spacial score (nSPS) is 11.8. The highest BCUT2D eigenvalue weighted by Crippen LogP contribution is 2.32. The summed E-state index contributed by atoms with van der Waals surface area (Å²) in [6.45, 7) is 0. The molecule has 0 aliphatic rings. The summed E-state index contributed by atoms with van der Waals surface area (Å²) in [6, 6.07) is 7.36. The van der Waals surface area contributed by atoms with Crippen LogP contribution in [0.15, 0.2) is 50.4 Å². The van der Waals surface area contributed by atoms with Gasteiger partial charge in [0.15, 0.2) is 0 Å². The fraction of sp³-hybridized carbons (Fsp3) is 0.0588. The molecular formula is C17H10F3N3O5. The van der Waals surface area contributed by atoms with Crippen LogP contribution in [-0.4, -0.2) is 14.9 Å². The van der Waals surface area contributed by atoms with Crippen LogP contribution in [0.2, 0.25) is 0 Å². The van der Waals surface area contributed by atoms with E-state index in [-0.39, 0.29) is 22.8 Å². The van der Waals surface area contributed by atoms with E-state index >= 15 is 0 Å². The third kappa shape index (κ3) is 3.92. The number of hydrogen-bond acceptors (Lipinski definition) is 5. The minimum atomic E-state index is -4.50. The Hall–Kier alpha value is -3.89. The number of nitro groups is 1. The van der Waals surface area contributed by atoms with Gasteiger partial charge in [0.2, 0.25) is 0 Å². The van der Waals surface area contributed by atoms with Gasteiger partial charge in [-0.25, -0.2) is 4.79 Å².